The van der Waals surface area contributed by atoms with Gasteiger partial charge in [0.1, 0.15) is 5.82 Å². The first kappa shape index (κ1) is 15.6. The van der Waals surface area contributed by atoms with Crippen LogP contribution in [0.2, 0.25) is 0 Å². The summed E-state index contributed by atoms with van der Waals surface area (Å²) in [4.78, 5) is 25.7. The first-order valence-corrected chi connectivity index (χ1v) is 8.32. The van der Waals surface area contributed by atoms with E-state index in [9.17, 15) is 14.0 Å². The minimum atomic E-state index is -0.632. The molecule has 7 nitrogen and oxygen atoms in total. The topological polar surface area (TPSA) is 79.3 Å². The van der Waals surface area contributed by atoms with Crippen molar-refractivity contribution in [3.8, 4) is 0 Å². The van der Waals surface area contributed by atoms with Crippen molar-refractivity contribution >= 4 is 23.3 Å². The minimum absolute atomic E-state index is 0.103. The molecule has 1 saturated carbocycles. The Hall–Kier alpha value is -2.90. The van der Waals surface area contributed by atoms with Crippen LogP contribution in [-0.4, -0.2) is 34.8 Å². The fourth-order valence-corrected chi connectivity index (χ4v) is 3.03. The van der Waals surface area contributed by atoms with Crippen molar-refractivity contribution in [1.29, 1.82) is 0 Å². The molecular formula is C17H18FN5O2. The van der Waals surface area contributed by atoms with Crippen LogP contribution in [0.5, 0.6) is 0 Å². The summed E-state index contributed by atoms with van der Waals surface area (Å²) in [6.45, 7) is 1.01. The Bertz CT molecular complexity index is 830. The number of benzene rings is 1. The maximum absolute atomic E-state index is 14.1. The first-order valence-electron chi connectivity index (χ1n) is 8.32. The van der Waals surface area contributed by atoms with Gasteiger partial charge in [-0.3, -0.25) is 14.4 Å². The van der Waals surface area contributed by atoms with Crippen LogP contribution in [0.25, 0.3) is 0 Å². The number of urea groups is 1. The van der Waals surface area contributed by atoms with Gasteiger partial charge in [0.2, 0.25) is 0 Å². The normalized spacial score (nSPS) is 17.3. The Morgan fingerprint density at radius 2 is 2.20 bits per heavy atom. The number of carbonyl (C=O) groups is 2. The third-order valence-electron chi connectivity index (χ3n) is 4.67. The van der Waals surface area contributed by atoms with Crippen LogP contribution >= 0.6 is 0 Å². The third kappa shape index (κ3) is 2.95. The fraction of sp³-hybridized carbons (Fsp3) is 0.353. The standard InChI is InChI=1S/C17H18FN5O2/c18-15-5-4-13(22-7-6-19-17(22)25)8-14(15)16(24)21-11-9-20-23(10-11)12-2-1-3-12/h4-5,8-10,12H,1-3,6-7H2,(H,19,25)(H,21,24). The number of nitrogens with zero attached hydrogens (tertiary/aromatic N) is 3. The fourth-order valence-electron chi connectivity index (χ4n) is 3.03. The highest BCUT2D eigenvalue weighted by molar-refractivity contribution is 6.05. The summed E-state index contributed by atoms with van der Waals surface area (Å²) in [6, 6.07) is 4.23. The van der Waals surface area contributed by atoms with Crippen molar-refractivity contribution in [1.82, 2.24) is 15.1 Å². The Labute approximate surface area is 143 Å². The Kier molecular flexibility index (Phi) is 3.87. The van der Waals surface area contributed by atoms with Crippen molar-refractivity contribution < 1.29 is 14.0 Å². The van der Waals surface area contributed by atoms with Gasteiger partial charge in [-0.2, -0.15) is 5.10 Å². The van der Waals surface area contributed by atoms with E-state index < -0.39 is 11.7 Å². The molecule has 2 fully saturated rings. The van der Waals surface area contributed by atoms with E-state index in [1.54, 1.807) is 12.4 Å². The van der Waals surface area contributed by atoms with Gasteiger partial charge in [-0.25, -0.2) is 9.18 Å². The summed E-state index contributed by atoms with van der Waals surface area (Å²) in [7, 11) is 0. The lowest BCUT2D eigenvalue weighted by Crippen LogP contribution is -2.28. The van der Waals surface area contributed by atoms with E-state index in [0.29, 0.717) is 30.5 Å². The average Bonchev–Trinajstić information content (AvgIpc) is 3.15. The molecule has 4 rings (SSSR count). The minimum Gasteiger partial charge on any atom is -0.336 e. The Morgan fingerprint density at radius 1 is 1.36 bits per heavy atom. The molecule has 1 aliphatic carbocycles. The molecule has 25 heavy (non-hydrogen) atoms. The summed E-state index contributed by atoms with van der Waals surface area (Å²) in [5.41, 5.74) is 0.918. The SMILES string of the molecule is O=C(Nc1cnn(C2CCC2)c1)c1cc(N2CCNC2=O)ccc1F. The lowest BCUT2D eigenvalue weighted by atomic mass is 9.93. The molecule has 2 heterocycles. The van der Waals surface area contributed by atoms with E-state index in [-0.39, 0.29) is 11.6 Å². The second-order valence-corrected chi connectivity index (χ2v) is 6.30. The summed E-state index contributed by atoms with van der Waals surface area (Å²) >= 11 is 0. The molecule has 0 spiro atoms. The van der Waals surface area contributed by atoms with Crippen LogP contribution in [0.3, 0.4) is 0 Å². The van der Waals surface area contributed by atoms with Gasteiger partial charge in [0.25, 0.3) is 5.91 Å². The van der Waals surface area contributed by atoms with E-state index in [4.69, 9.17) is 0 Å². The van der Waals surface area contributed by atoms with Gasteiger partial charge in [0.05, 0.1) is 23.5 Å². The van der Waals surface area contributed by atoms with Crippen LogP contribution in [0.15, 0.2) is 30.6 Å². The first-order chi connectivity index (χ1) is 12.1. The maximum atomic E-state index is 14.1. The monoisotopic (exact) mass is 343 g/mol. The zero-order chi connectivity index (χ0) is 17.4. The average molecular weight is 343 g/mol. The van der Waals surface area contributed by atoms with Crippen molar-refractivity contribution in [3.05, 3.63) is 42.0 Å². The maximum Gasteiger partial charge on any atom is 0.321 e. The van der Waals surface area contributed by atoms with E-state index in [1.165, 1.54) is 29.5 Å². The zero-order valence-electron chi connectivity index (χ0n) is 13.5. The van der Waals surface area contributed by atoms with Crippen LogP contribution in [0, 0.1) is 5.82 Å². The highest BCUT2D eigenvalue weighted by atomic mass is 19.1. The quantitative estimate of drug-likeness (QED) is 0.895. The number of carbonyl (C=O) groups excluding carboxylic acids is 2. The molecule has 1 aromatic carbocycles. The van der Waals surface area contributed by atoms with Gasteiger partial charge in [0, 0.05) is 25.0 Å². The largest absolute Gasteiger partial charge is 0.336 e. The Morgan fingerprint density at radius 3 is 2.88 bits per heavy atom. The molecule has 8 heteroatoms. The number of amides is 3. The molecular weight excluding hydrogens is 325 g/mol. The van der Waals surface area contributed by atoms with Gasteiger partial charge < -0.3 is 10.6 Å². The molecule has 2 aromatic rings. The lowest BCUT2D eigenvalue weighted by molar-refractivity contribution is 0.102. The van der Waals surface area contributed by atoms with E-state index in [2.05, 4.69) is 15.7 Å². The van der Waals surface area contributed by atoms with E-state index >= 15 is 0 Å². The number of hydrogen-bond donors (Lipinski definition) is 2. The molecule has 1 aliphatic heterocycles. The van der Waals surface area contributed by atoms with Crippen molar-refractivity contribution in [2.24, 2.45) is 0 Å². The molecule has 1 saturated heterocycles. The number of nitrogens with one attached hydrogen (secondary N) is 2. The number of hydrogen-bond acceptors (Lipinski definition) is 3. The van der Waals surface area contributed by atoms with Crippen LogP contribution in [-0.2, 0) is 0 Å². The molecule has 0 radical (unpaired) electrons. The molecule has 3 amide bonds. The number of halogens is 1. The second-order valence-electron chi connectivity index (χ2n) is 6.30. The summed E-state index contributed by atoms with van der Waals surface area (Å²) in [5, 5.41) is 9.59. The van der Waals surface area contributed by atoms with Crippen molar-refractivity contribution in [2.75, 3.05) is 23.3 Å². The molecule has 0 unspecified atom stereocenters. The number of aromatic nitrogens is 2. The summed E-state index contributed by atoms with van der Waals surface area (Å²) < 4.78 is 15.9. The van der Waals surface area contributed by atoms with Gasteiger partial charge in [-0.1, -0.05) is 0 Å². The lowest BCUT2D eigenvalue weighted by Gasteiger charge is -2.25. The number of anilines is 2. The van der Waals surface area contributed by atoms with Gasteiger partial charge in [-0.15, -0.1) is 0 Å². The van der Waals surface area contributed by atoms with Crippen molar-refractivity contribution in [3.63, 3.8) is 0 Å². The van der Waals surface area contributed by atoms with Gasteiger partial charge in [-0.05, 0) is 37.5 Å². The highest BCUT2D eigenvalue weighted by Crippen LogP contribution is 2.31. The van der Waals surface area contributed by atoms with Gasteiger partial charge >= 0.3 is 6.03 Å². The van der Waals surface area contributed by atoms with Crippen LogP contribution in [0.4, 0.5) is 20.6 Å². The molecule has 2 aliphatic rings. The Balaban J connectivity index is 1.52. The highest BCUT2D eigenvalue weighted by Gasteiger charge is 2.24. The molecule has 0 atom stereocenters. The molecule has 1 aromatic heterocycles. The molecule has 2 N–H and O–H groups in total. The second kappa shape index (κ2) is 6.19. The predicted octanol–water partition coefficient (Wildman–Crippen LogP) is 2.53. The third-order valence-corrected chi connectivity index (χ3v) is 4.67. The summed E-state index contributed by atoms with van der Waals surface area (Å²) in [6.07, 6.45) is 6.69. The van der Waals surface area contributed by atoms with E-state index in [0.717, 1.165) is 12.8 Å². The van der Waals surface area contributed by atoms with Crippen LogP contribution < -0.4 is 15.5 Å². The molecule has 0 bridgehead atoms. The number of rotatable bonds is 4. The summed E-state index contributed by atoms with van der Waals surface area (Å²) in [5.74, 6) is -1.20. The zero-order valence-corrected chi connectivity index (χ0v) is 13.5. The van der Waals surface area contributed by atoms with Crippen LogP contribution in [0.1, 0.15) is 35.7 Å². The van der Waals surface area contributed by atoms with E-state index in [1.807, 2.05) is 4.68 Å². The van der Waals surface area contributed by atoms with Crippen molar-refractivity contribution in [2.45, 2.75) is 25.3 Å². The molecule has 130 valence electrons. The van der Waals surface area contributed by atoms with Gasteiger partial charge in [0.15, 0.2) is 0 Å². The smallest absolute Gasteiger partial charge is 0.321 e. The predicted molar refractivity (Wildman–Crippen MR) is 90.2 cm³/mol.